The number of halogens is 2. The third-order valence-corrected chi connectivity index (χ3v) is 2.96. The van der Waals surface area contributed by atoms with E-state index in [1.165, 1.54) is 0 Å². The number of anilines is 3. The molecule has 20 heavy (non-hydrogen) atoms. The molecule has 0 atom stereocenters. The number of nitrogens with two attached hydrogens (primary N) is 1. The number of hydrogen-bond acceptors (Lipinski definition) is 3. The Morgan fingerprint density at radius 2 is 1.70 bits per heavy atom. The fraction of sp³-hybridized carbons (Fsp3) is 0. The van der Waals surface area contributed by atoms with E-state index in [0.717, 1.165) is 17.5 Å². The Labute approximate surface area is 114 Å². The number of hydrogen-bond donors (Lipinski definition) is 2. The van der Waals surface area contributed by atoms with Crippen molar-refractivity contribution in [1.82, 2.24) is 4.98 Å². The minimum atomic E-state index is -0.740. The van der Waals surface area contributed by atoms with Crippen molar-refractivity contribution in [3.8, 4) is 0 Å². The second-order valence-electron chi connectivity index (χ2n) is 4.37. The van der Waals surface area contributed by atoms with Crippen LogP contribution in [-0.4, -0.2) is 4.98 Å². The van der Waals surface area contributed by atoms with Gasteiger partial charge in [0.25, 0.3) is 0 Å². The fourth-order valence-corrected chi connectivity index (χ4v) is 2.05. The molecule has 1 heterocycles. The first-order chi connectivity index (χ1) is 9.65. The highest BCUT2D eigenvalue weighted by molar-refractivity contribution is 5.92. The third-order valence-electron chi connectivity index (χ3n) is 2.96. The predicted molar refractivity (Wildman–Crippen MR) is 75.8 cm³/mol. The molecule has 0 bridgehead atoms. The average molecular weight is 271 g/mol. The number of nitrogen functional groups attached to an aromatic ring is 1. The Balaban J connectivity index is 2.10. The molecule has 3 N–H and O–H groups in total. The van der Waals surface area contributed by atoms with E-state index in [9.17, 15) is 8.78 Å². The molecule has 100 valence electrons. The zero-order chi connectivity index (χ0) is 14.1. The van der Waals surface area contributed by atoms with Crippen LogP contribution in [0.1, 0.15) is 0 Å². The summed E-state index contributed by atoms with van der Waals surface area (Å²) in [4.78, 5) is 4.22. The molecule has 1 aromatic heterocycles. The van der Waals surface area contributed by atoms with Crippen molar-refractivity contribution in [3.63, 3.8) is 0 Å². The summed E-state index contributed by atoms with van der Waals surface area (Å²) in [6, 6.07) is 11.2. The zero-order valence-electron chi connectivity index (χ0n) is 10.4. The lowest BCUT2D eigenvalue weighted by molar-refractivity contribution is 0.592. The molecule has 0 saturated heterocycles. The summed E-state index contributed by atoms with van der Waals surface area (Å²) in [6.07, 6.45) is 1.63. The summed E-state index contributed by atoms with van der Waals surface area (Å²) in [5.41, 5.74) is 6.37. The van der Waals surface area contributed by atoms with Crippen molar-refractivity contribution in [2.45, 2.75) is 0 Å². The minimum absolute atomic E-state index is 0.0431. The van der Waals surface area contributed by atoms with Crippen molar-refractivity contribution in [2.24, 2.45) is 0 Å². The fourth-order valence-electron chi connectivity index (χ4n) is 2.05. The molecule has 3 rings (SSSR count). The first-order valence-electron chi connectivity index (χ1n) is 6.00. The number of nitrogens with one attached hydrogen (secondary N) is 1. The van der Waals surface area contributed by atoms with Gasteiger partial charge in [-0.1, -0.05) is 18.2 Å². The maximum Gasteiger partial charge on any atom is 0.151 e. The highest BCUT2D eigenvalue weighted by atomic mass is 19.1. The van der Waals surface area contributed by atoms with Crippen LogP contribution in [0.4, 0.5) is 25.8 Å². The van der Waals surface area contributed by atoms with Crippen LogP contribution in [0.2, 0.25) is 0 Å². The Morgan fingerprint density at radius 1 is 1.00 bits per heavy atom. The number of nitrogens with zero attached hydrogens (tertiary/aromatic N) is 1. The van der Waals surface area contributed by atoms with Crippen LogP contribution in [0.25, 0.3) is 10.9 Å². The van der Waals surface area contributed by atoms with Crippen LogP contribution in [0.15, 0.2) is 48.7 Å². The summed E-state index contributed by atoms with van der Waals surface area (Å²) < 4.78 is 27.6. The zero-order valence-corrected chi connectivity index (χ0v) is 10.4. The first-order valence-corrected chi connectivity index (χ1v) is 6.00. The Kier molecular flexibility index (Phi) is 2.95. The van der Waals surface area contributed by atoms with Gasteiger partial charge >= 0.3 is 0 Å². The standard InChI is InChI=1S/C15H11F2N3/c16-11-7-10(18)8-12(17)15(11)20-13-5-1-3-9-4-2-6-19-14(9)13/h1-8,20H,18H2. The second kappa shape index (κ2) is 4.77. The third kappa shape index (κ3) is 2.14. The van der Waals surface area contributed by atoms with Gasteiger partial charge in [0.05, 0.1) is 11.2 Å². The molecular weight excluding hydrogens is 260 g/mol. The smallest absolute Gasteiger partial charge is 0.151 e. The van der Waals surface area contributed by atoms with Gasteiger partial charge in [0.2, 0.25) is 0 Å². The van der Waals surface area contributed by atoms with Crippen LogP contribution < -0.4 is 11.1 Å². The van der Waals surface area contributed by atoms with Crippen molar-refractivity contribution in [1.29, 1.82) is 0 Å². The van der Waals surface area contributed by atoms with Crippen LogP contribution >= 0.6 is 0 Å². The molecule has 3 nitrogen and oxygen atoms in total. The quantitative estimate of drug-likeness (QED) is 0.696. The number of para-hydroxylation sites is 1. The van der Waals surface area contributed by atoms with E-state index in [1.54, 1.807) is 24.4 Å². The van der Waals surface area contributed by atoms with E-state index < -0.39 is 11.6 Å². The van der Waals surface area contributed by atoms with Gasteiger partial charge in [0, 0.05) is 17.3 Å². The molecule has 0 fully saturated rings. The molecule has 0 aliphatic rings. The van der Waals surface area contributed by atoms with Gasteiger partial charge in [-0.25, -0.2) is 8.78 Å². The molecule has 0 saturated carbocycles. The van der Waals surface area contributed by atoms with E-state index in [-0.39, 0.29) is 11.4 Å². The monoisotopic (exact) mass is 271 g/mol. The first kappa shape index (κ1) is 12.3. The lowest BCUT2D eigenvalue weighted by Crippen LogP contribution is -2.00. The molecule has 0 spiro atoms. The molecule has 0 radical (unpaired) electrons. The van der Waals surface area contributed by atoms with Gasteiger partial charge in [-0.2, -0.15) is 0 Å². The summed E-state index contributed by atoms with van der Waals surface area (Å²) in [7, 11) is 0. The van der Waals surface area contributed by atoms with Crippen molar-refractivity contribution in [2.75, 3.05) is 11.1 Å². The topological polar surface area (TPSA) is 50.9 Å². The van der Waals surface area contributed by atoms with Crippen LogP contribution in [0.3, 0.4) is 0 Å². The van der Waals surface area contributed by atoms with Crippen molar-refractivity contribution in [3.05, 3.63) is 60.3 Å². The molecular formula is C15H11F2N3. The number of rotatable bonds is 2. The number of fused-ring (bicyclic) bond motifs is 1. The molecule has 2 aromatic carbocycles. The van der Waals surface area contributed by atoms with E-state index in [1.807, 2.05) is 12.1 Å². The molecule has 0 amide bonds. The summed E-state index contributed by atoms with van der Waals surface area (Å²) in [6.45, 7) is 0. The largest absolute Gasteiger partial charge is 0.399 e. The Hall–Kier alpha value is -2.69. The van der Waals surface area contributed by atoms with E-state index in [4.69, 9.17) is 5.73 Å². The van der Waals surface area contributed by atoms with Crippen molar-refractivity contribution >= 4 is 28.0 Å². The lowest BCUT2D eigenvalue weighted by atomic mass is 10.2. The van der Waals surface area contributed by atoms with Gasteiger partial charge < -0.3 is 11.1 Å². The van der Waals surface area contributed by atoms with Gasteiger partial charge in [0.1, 0.15) is 5.69 Å². The maximum atomic E-state index is 13.8. The number of aromatic nitrogens is 1. The molecule has 0 aliphatic carbocycles. The molecule has 5 heteroatoms. The van der Waals surface area contributed by atoms with Crippen LogP contribution in [0.5, 0.6) is 0 Å². The Bertz CT molecular complexity index is 759. The maximum absolute atomic E-state index is 13.8. The van der Waals surface area contributed by atoms with E-state index in [2.05, 4.69) is 10.3 Å². The van der Waals surface area contributed by atoms with Gasteiger partial charge in [-0.3, -0.25) is 4.98 Å². The van der Waals surface area contributed by atoms with Crippen LogP contribution in [0, 0.1) is 11.6 Å². The van der Waals surface area contributed by atoms with Gasteiger partial charge in [0.15, 0.2) is 11.6 Å². The second-order valence-corrected chi connectivity index (χ2v) is 4.37. The average Bonchev–Trinajstić information content (AvgIpc) is 2.43. The van der Waals surface area contributed by atoms with Crippen LogP contribution in [-0.2, 0) is 0 Å². The summed E-state index contributed by atoms with van der Waals surface area (Å²) in [5, 5.41) is 3.63. The molecule has 0 unspecified atom stereocenters. The SMILES string of the molecule is Nc1cc(F)c(Nc2cccc3cccnc23)c(F)c1. The highest BCUT2D eigenvalue weighted by Crippen LogP contribution is 2.29. The normalized spacial score (nSPS) is 10.7. The minimum Gasteiger partial charge on any atom is -0.399 e. The van der Waals surface area contributed by atoms with E-state index >= 15 is 0 Å². The molecule has 3 aromatic rings. The molecule has 0 aliphatic heterocycles. The van der Waals surface area contributed by atoms with Gasteiger partial charge in [-0.15, -0.1) is 0 Å². The van der Waals surface area contributed by atoms with Crippen molar-refractivity contribution < 1.29 is 8.78 Å². The summed E-state index contributed by atoms with van der Waals surface area (Å²) >= 11 is 0. The number of benzene rings is 2. The Morgan fingerprint density at radius 3 is 2.45 bits per heavy atom. The number of pyridine rings is 1. The summed E-state index contributed by atoms with van der Waals surface area (Å²) in [5.74, 6) is -1.48. The predicted octanol–water partition coefficient (Wildman–Crippen LogP) is 3.84. The van der Waals surface area contributed by atoms with E-state index in [0.29, 0.717) is 11.2 Å². The van der Waals surface area contributed by atoms with Gasteiger partial charge in [-0.05, 0) is 24.3 Å². The highest BCUT2D eigenvalue weighted by Gasteiger charge is 2.12. The lowest BCUT2D eigenvalue weighted by Gasteiger charge is -2.11.